The summed E-state index contributed by atoms with van der Waals surface area (Å²) < 4.78 is 32.8. The maximum absolute atomic E-state index is 13.6. The van der Waals surface area contributed by atoms with Gasteiger partial charge in [0.05, 0.1) is 24.4 Å². The van der Waals surface area contributed by atoms with Crippen LogP contribution in [0.1, 0.15) is 23.8 Å². The first-order valence-electron chi connectivity index (χ1n) is 10.8. The number of hydrogen-bond acceptors (Lipinski definition) is 8. The van der Waals surface area contributed by atoms with Crippen LogP contribution in [0, 0.1) is 0 Å². The molecule has 0 unspecified atom stereocenters. The fourth-order valence-electron chi connectivity index (χ4n) is 3.68. The molecule has 6 rings (SSSR count). The number of methoxy groups -OCH3 is 1. The van der Waals surface area contributed by atoms with Gasteiger partial charge < -0.3 is 13.9 Å². The van der Waals surface area contributed by atoms with Crippen LogP contribution in [0.15, 0.2) is 64.5 Å². The highest BCUT2D eigenvalue weighted by molar-refractivity contribution is 7.16. The third-order valence-corrected chi connectivity index (χ3v) is 7.42. The molecule has 176 valence electrons. The van der Waals surface area contributed by atoms with Crippen LogP contribution in [0.4, 0.5) is 4.39 Å². The summed E-state index contributed by atoms with van der Waals surface area (Å²) in [5.41, 5.74) is 3.14. The van der Waals surface area contributed by atoms with E-state index in [0.29, 0.717) is 45.1 Å². The molecule has 1 atom stereocenters. The minimum Gasteiger partial charge on any atom is -0.496 e. The molecule has 0 bridgehead atoms. The smallest absolute Gasteiger partial charge is 0.212 e. The Morgan fingerprint density at radius 2 is 2.00 bits per heavy atom. The summed E-state index contributed by atoms with van der Waals surface area (Å²) in [6.45, 7) is 1.77. The number of nitrogens with zero attached hydrogens (tertiary/aromatic N) is 4. The van der Waals surface area contributed by atoms with E-state index in [-0.39, 0.29) is 0 Å². The number of aromatic nitrogens is 4. The second kappa shape index (κ2) is 8.79. The van der Waals surface area contributed by atoms with Gasteiger partial charge in [-0.3, -0.25) is 0 Å². The van der Waals surface area contributed by atoms with Crippen LogP contribution in [-0.4, -0.2) is 26.7 Å². The summed E-state index contributed by atoms with van der Waals surface area (Å²) in [5, 5.41) is 8.38. The van der Waals surface area contributed by atoms with Gasteiger partial charge in [-0.05, 0) is 13.0 Å². The van der Waals surface area contributed by atoms with E-state index in [9.17, 15) is 4.39 Å². The zero-order valence-corrected chi connectivity index (χ0v) is 20.4. The highest BCUT2D eigenvalue weighted by Crippen LogP contribution is 2.38. The van der Waals surface area contributed by atoms with E-state index in [2.05, 4.69) is 10.1 Å². The van der Waals surface area contributed by atoms with Crippen LogP contribution in [0.3, 0.4) is 0 Å². The second-order valence-corrected chi connectivity index (χ2v) is 9.70. The Labute approximate surface area is 207 Å². The van der Waals surface area contributed by atoms with E-state index in [4.69, 9.17) is 18.9 Å². The van der Waals surface area contributed by atoms with Crippen molar-refractivity contribution >= 4 is 38.6 Å². The summed E-state index contributed by atoms with van der Waals surface area (Å²) in [6.07, 6.45) is 0.595. The summed E-state index contributed by atoms with van der Waals surface area (Å²) in [7, 11) is 1.60. The molecule has 2 aromatic carbocycles. The van der Waals surface area contributed by atoms with E-state index < -0.39 is 6.17 Å². The molecule has 0 spiro atoms. The molecule has 0 saturated heterocycles. The van der Waals surface area contributed by atoms with Gasteiger partial charge in [0, 0.05) is 23.1 Å². The molecular formula is C25H19FN4O3S2. The fourth-order valence-corrected chi connectivity index (χ4v) is 5.30. The Bertz CT molecular complexity index is 1600. The first-order valence-corrected chi connectivity index (χ1v) is 12.5. The highest BCUT2D eigenvalue weighted by Gasteiger charge is 2.18. The molecule has 0 amide bonds. The van der Waals surface area contributed by atoms with Crippen molar-refractivity contribution in [2.24, 2.45) is 0 Å². The Balaban J connectivity index is 1.29. The van der Waals surface area contributed by atoms with E-state index >= 15 is 0 Å². The molecule has 0 radical (unpaired) electrons. The van der Waals surface area contributed by atoms with Gasteiger partial charge in [0.15, 0.2) is 16.9 Å². The first kappa shape index (κ1) is 21.8. The Morgan fingerprint density at radius 3 is 2.77 bits per heavy atom. The van der Waals surface area contributed by atoms with Gasteiger partial charge in [-0.2, -0.15) is 5.10 Å². The zero-order valence-electron chi connectivity index (χ0n) is 18.8. The summed E-state index contributed by atoms with van der Waals surface area (Å²) >= 11 is 2.80. The van der Waals surface area contributed by atoms with Crippen molar-refractivity contribution in [1.82, 2.24) is 19.6 Å². The third kappa shape index (κ3) is 4.15. The quantitative estimate of drug-likeness (QED) is 0.233. The molecule has 0 fully saturated rings. The largest absolute Gasteiger partial charge is 0.496 e. The number of imidazole rings is 1. The van der Waals surface area contributed by atoms with Crippen LogP contribution >= 0.6 is 22.7 Å². The van der Waals surface area contributed by atoms with Crippen molar-refractivity contribution in [3.63, 3.8) is 0 Å². The average Bonchev–Trinajstić information content (AvgIpc) is 3.65. The molecule has 0 aliphatic rings. The molecular weight excluding hydrogens is 487 g/mol. The number of alkyl halides is 1. The number of rotatable bonds is 7. The average molecular weight is 507 g/mol. The van der Waals surface area contributed by atoms with E-state index in [0.717, 1.165) is 21.7 Å². The van der Waals surface area contributed by atoms with Crippen LogP contribution in [0.5, 0.6) is 11.5 Å². The summed E-state index contributed by atoms with van der Waals surface area (Å²) in [5.74, 6) is 1.80. The van der Waals surface area contributed by atoms with Crippen LogP contribution in [0.25, 0.3) is 38.0 Å². The van der Waals surface area contributed by atoms with Gasteiger partial charge >= 0.3 is 0 Å². The van der Waals surface area contributed by atoms with Crippen molar-refractivity contribution in [3.8, 4) is 33.5 Å². The van der Waals surface area contributed by atoms with E-state index in [1.165, 1.54) is 18.3 Å². The zero-order chi connectivity index (χ0) is 23.9. The maximum Gasteiger partial charge on any atom is 0.212 e. The molecule has 10 heteroatoms. The minimum absolute atomic E-state index is 0.306. The van der Waals surface area contributed by atoms with Gasteiger partial charge in [0.1, 0.15) is 34.4 Å². The normalized spacial score (nSPS) is 12.4. The number of benzene rings is 2. The number of ether oxygens (including phenoxy) is 2. The first-order chi connectivity index (χ1) is 17.1. The predicted molar refractivity (Wildman–Crippen MR) is 134 cm³/mol. The van der Waals surface area contributed by atoms with Crippen molar-refractivity contribution < 1.29 is 18.3 Å². The number of furan rings is 1. The van der Waals surface area contributed by atoms with Crippen LogP contribution in [-0.2, 0) is 6.61 Å². The number of thiazole rings is 1. The van der Waals surface area contributed by atoms with Crippen molar-refractivity contribution in [2.75, 3.05) is 7.11 Å². The predicted octanol–water partition coefficient (Wildman–Crippen LogP) is 6.95. The Morgan fingerprint density at radius 1 is 1.14 bits per heavy atom. The minimum atomic E-state index is -1.13. The van der Waals surface area contributed by atoms with Crippen molar-refractivity contribution in [2.45, 2.75) is 19.7 Å². The lowest BCUT2D eigenvalue weighted by Gasteiger charge is -2.07. The van der Waals surface area contributed by atoms with Gasteiger partial charge in [0.25, 0.3) is 0 Å². The van der Waals surface area contributed by atoms with E-state index in [1.54, 1.807) is 29.2 Å². The lowest BCUT2D eigenvalue weighted by molar-refractivity contribution is 0.303. The van der Waals surface area contributed by atoms with Crippen LogP contribution in [0.2, 0.25) is 0 Å². The maximum atomic E-state index is 13.6. The van der Waals surface area contributed by atoms with Crippen molar-refractivity contribution in [3.05, 3.63) is 70.8 Å². The van der Waals surface area contributed by atoms with Gasteiger partial charge in [-0.25, -0.2) is 18.9 Å². The standard InChI is InChI=1S/C25H19FN4O3S2/c1-14(26)23-29-30-11-19(28-25(30)35-23)22-10-18-20(8-17(31-2)9-21(18)33-22)32-12-16-13-34-24(27-16)15-6-4-3-5-7-15/h3-11,13-14H,12H2,1-2H3/t14-/m1/s1. The van der Waals surface area contributed by atoms with Gasteiger partial charge in [-0.15, -0.1) is 11.3 Å². The summed E-state index contributed by atoms with van der Waals surface area (Å²) in [4.78, 5) is 9.86. The van der Waals surface area contributed by atoms with Crippen LogP contribution < -0.4 is 9.47 Å². The Kier molecular flexibility index (Phi) is 5.46. The van der Waals surface area contributed by atoms with E-state index in [1.807, 2.05) is 53.9 Å². The molecule has 0 aliphatic heterocycles. The van der Waals surface area contributed by atoms with Crippen molar-refractivity contribution in [1.29, 1.82) is 0 Å². The van der Waals surface area contributed by atoms with Gasteiger partial charge in [0.2, 0.25) is 4.96 Å². The fraction of sp³-hybridized carbons (Fsp3) is 0.160. The highest BCUT2D eigenvalue weighted by atomic mass is 32.1. The topological polar surface area (TPSA) is 74.7 Å². The summed E-state index contributed by atoms with van der Waals surface area (Å²) in [6, 6.07) is 15.6. The monoisotopic (exact) mass is 506 g/mol. The molecule has 0 saturated carbocycles. The molecule has 6 aromatic rings. The molecule has 7 nitrogen and oxygen atoms in total. The SMILES string of the molecule is COc1cc(OCc2csc(-c3ccccc3)n2)c2cc(-c3cn4nc([C@@H](C)F)sc4n3)oc2c1. The second-order valence-electron chi connectivity index (χ2n) is 7.86. The third-order valence-electron chi connectivity index (χ3n) is 5.41. The molecule has 4 aromatic heterocycles. The molecule has 0 aliphatic carbocycles. The number of fused-ring (bicyclic) bond motifs is 2. The Hall–Kier alpha value is -3.76. The number of halogens is 1. The lowest BCUT2D eigenvalue weighted by atomic mass is 10.2. The number of hydrogen-bond donors (Lipinski definition) is 0. The molecule has 35 heavy (non-hydrogen) atoms. The molecule has 0 N–H and O–H groups in total. The van der Waals surface area contributed by atoms with Gasteiger partial charge in [-0.1, -0.05) is 41.7 Å². The molecule has 4 heterocycles. The lowest BCUT2D eigenvalue weighted by Crippen LogP contribution is -1.96.